The maximum atomic E-state index is 5.04. The molecule has 4 heterocycles. The van der Waals surface area contributed by atoms with E-state index < -0.39 is 0 Å². The molecule has 3 N–H and O–H groups in total. The third kappa shape index (κ3) is 4.27. The van der Waals surface area contributed by atoms with Gasteiger partial charge in [0, 0.05) is 35.4 Å². The monoisotopic (exact) mass is 486 g/mol. The Hall–Kier alpha value is -4.03. The van der Waals surface area contributed by atoms with Crippen LogP contribution in [0.4, 0.5) is 0 Å². The molecule has 5 aromatic rings. The highest BCUT2D eigenvalue weighted by atomic mass is 15.1. The molecule has 6 heteroatoms. The first-order valence-electron chi connectivity index (χ1n) is 13.3. The van der Waals surface area contributed by atoms with Crippen LogP contribution < -0.4 is 5.32 Å². The quantitative estimate of drug-likeness (QED) is 0.236. The minimum Gasteiger partial charge on any atom is -0.353 e. The Labute approximate surface area is 215 Å². The Morgan fingerprint density at radius 2 is 1.95 bits per heavy atom. The molecule has 0 atom stereocenters. The van der Waals surface area contributed by atoms with Crippen LogP contribution in [0.2, 0.25) is 0 Å². The van der Waals surface area contributed by atoms with Crippen molar-refractivity contribution in [3.8, 4) is 22.6 Å². The van der Waals surface area contributed by atoms with Crippen molar-refractivity contribution in [2.45, 2.75) is 38.6 Å². The highest BCUT2D eigenvalue weighted by Gasteiger charge is 2.17. The van der Waals surface area contributed by atoms with Crippen molar-refractivity contribution in [1.82, 2.24) is 30.5 Å². The van der Waals surface area contributed by atoms with Crippen LogP contribution in [-0.4, -0.2) is 31.7 Å². The van der Waals surface area contributed by atoms with Gasteiger partial charge >= 0.3 is 0 Å². The fourth-order valence-corrected chi connectivity index (χ4v) is 5.80. The summed E-state index contributed by atoms with van der Waals surface area (Å²) in [5.41, 5.74) is 10.3. The largest absolute Gasteiger partial charge is 0.353 e. The van der Waals surface area contributed by atoms with Gasteiger partial charge in [0.2, 0.25) is 0 Å². The van der Waals surface area contributed by atoms with E-state index in [4.69, 9.17) is 4.98 Å². The Balaban J connectivity index is 1.19. The standard InChI is InChI=1S/C31H30N6/c1-2-7-20(6-1)16-32-17-21-14-23(19-33-18-21)26-12-13-28-30(35-26)31(37-36-28)29-15-25-24(22-8-3-4-9-22)10-5-11-27(25)34-29/h3,5,8-15,18-20,32,34H,1-2,4,6-7,16-17H2,(H,36,37). The fraction of sp³-hybridized carbons (Fsp3) is 0.258. The van der Waals surface area contributed by atoms with Gasteiger partial charge in [0.15, 0.2) is 0 Å². The first-order valence-corrected chi connectivity index (χ1v) is 13.3. The number of benzene rings is 1. The Morgan fingerprint density at radius 1 is 1.00 bits per heavy atom. The predicted molar refractivity (Wildman–Crippen MR) is 150 cm³/mol. The summed E-state index contributed by atoms with van der Waals surface area (Å²) in [4.78, 5) is 13.1. The second-order valence-electron chi connectivity index (χ2n) is 10.3. The summed E-state index contributed by atoms with van der Waals surface area (Å²) in [6.45, 7) is 1.92. The third-order valence-electron chi connectivity index (χ3n) is 7.74. The lowest BCUT2D eigenvalue weighted by atomic mass is 10.0. The first kappa shape index (κ1) is 22.2. The highest BCUT2D eigenvalue weighted by molar-refractivity contribution is 6.00. The van der Waals surface area contributed by atoms with Gasteiger partial charge in [-0.1, -0.05) is 43.2 Å². The van der Waals surface area contributed by atoms with Crippen LogP contribution in [0.1, 0.15) is 43.2 Å². The van der Waals surface area contributed by atoms with Gasteiger partial charge in [0.1, 0.15) is 11.2 Å². The minimum atomic E-state index is 0.826. The Bertz CT molecular complexity index is 1650. The zero-order chi connectivity index (χ0) is 24.6. The molecule has 4 aromatic heterocycles. The Morgan fingerprint density at radius 3 is 2.84 bits per heavy atom. The molecular weight excluding hydrogens is 456 g/mol. The molecule has 2 aliphatic rings. The van der Waals surface area contributed by atoms with Gasteiger partial charge in [0.25, 0.3) is 0 Å². The summed E-state index contributed by atoms with van der Waals surface area (Å²) in [7, 11) is 0. The van der Waals surface area contributed by atoms with Crippen LogP contribution in [0.15, 0.2) is 73.1 Å². The number of H-pyrrole nitrogens is 2. The summed E-state index contributed by atoms with van der Waals surface area (Å²) in [5, 5.41) is 12.6. The van der Waals surface area contributed by atoms with Gasteiger partial charge in [-0.3, -0.25) is 10.1 Å². The Kier molecular flexibility index (Phi) is 5.67. The minimum absolute atomic E-state index is 0.826. The molecule has 0 saturated heterocycles. The van der Waals surface area contributed by atoms with Gasteiger partial charge in [-0.25, -0.2) is 4.98 Å². The molecule has 6 nitrogen and oxygen atoms in total. The summed E-state index contributed by atoms with van der Waals surface area (Å²) < 4.78 is 0. The van der Waals surface area contributed by atoms with E-state index in [0.717, 1.165) is 64.6 Å². The number of fused-ring (bicyclic) bond motifs is 2. The lowest BCUT2D eigenvalue weighted by Crippen LogP contribution is -2.20. The van der Waals surface area contributed by atoms with E-state index in [1.54, 1.807) is 0 Å². The molecule has 0 amide bonds. The van der Waals surface area contributed by atoms with E-state index in [9.17, 15) is 0 Å². The van der Waals surface area contributed by atoms with E-state index in [1.807, 2.05) is 18.5 Å². The van der Waals surface area contributed by atoms with Gasteiger partial charge in [0.05, 0.1) is 16.9 Å². The van der Waals surface area contributed by atoms with Gasteiger partial charge in [-0.2, -0.15) is 5.10 Å². The first-order chi connectivity index (χ1) is 18.3. The number of rotatable bonds is 7. The zero-order valence-electron chi connectivity index (χ0n) is 20.8. The van der Waals surface area contributed by atoms with Crippen molar-refractivity contribution >= 4 is 27.5 Å². The fourth-order valence-electron chi connectivity index (χ4n) is 5.80. The second-order valence-corrected chi connectivity index (χ2v) is 10.3. The number of hydrogen-bond acceptors (Lipinski definition) is 4. The number of nitrogens with zero attached hydrogens (tertiary/aromatic N) is 3. The van der Waals surface area contributed by atoms with Gasteiger partial charge in [-0.05, 0) is 78.8 Å². The van der Waals surface area contributed by atoms with Crippen molar-refractivity contribution in [3.05, 3.63) is 84.2 Å². The summed E-state index contributed by atoms with van der Waals surface area (Å²) >= 11 is 0. The topological polar surface area (TPSA) is 82.3 Å². The van der Waals surface area contributed by atoms with Crippen LogP contribution in [0.5, 0.6) is 0 Å². The molecule has 0 unspecified atom stereocenters. The molecule has 7 rings (SSSR count). The van der Waals surface area contributed by atoms with Crippen molar-refractivity contribution < 1.29 is 0 Å². The molecule has 184 valence electrons. The van der Waals surface area contributed by atoms with Crippen LogP contribution in [0.3, 0.4) is 0 Å². The molecule has 0 bridgehead atoms. The van der Waals surface area contributed by atoms with Crippen LogP contribution >= 0.6 is 0 Å². The SMILES string of the molecule is C1=CC(c2cccc3[nH]c(-c4n[nH]c5ccc(-c6cncc(CNCC7CCCC7)c6)nc45)cc23)=CC1. The highest BCUT2D eigenvalue weighted by Crippen LogP contribution is 2.34. The van der Waals surface area contributed by atoms with Gasteiger partial charge < -0.3 is 10.3 Å². The number of hydrogen-bond donors (Lipinski definition) is 3. The van der Waals surface area contributed by atoms with E-state index in [-0.39, 0.29) is 0 Å². The zero-order valence-corrected chi connectivity index (χ0v) is 20.8. The molecule has 37 heavy (non-hydrogen) atoms. The molecule has 0 aliphatic heterocycles. The van der Waals surface area contributed by atoms with E-state index in [1.165, 1.54) is 47.8 Å². The summed E-state index contributed by atoms with van der Waals surface area (Å²) in [6, 6.07) is 14.9. The smallest absolute Gasteiger partial charge is 0.135 e. The van der Waals surface area contributed by atoms with Crippen molar-refractivity contribution in [1.29, 1.82) is 0 Å². The van der Waals surface area contributed by atoms with Crippen molar-refractivity contribution in [2.24, 2.45) is 5.92 Å². The molecule has 0 spiro atoms. The number of allylic oxidation sites excluding steroid dienone is 4. The van der Waals surface area contributed by atoms with Gasteiger partial charge in [-0.15, -0.1) is 0 Å². The second kappa shape index (κ2) is 9.45. The normalized spacial score (nSPS) is 15.8. The lowest BCUT2D eigenvalue weighted by molar-refractivity contribution is 0.489. The molecule has 1 fully saturated rings. The maximum Gasteiger partial charge on any atom is 0.135 e. The lowest BCUT2D eigenvalue weighted by Gasteiger charge is -2.11. The summed E-state index contributed by atoms with van der Waals surface area (Å²) in [5.74, 6) is 0.826. The van der Waals surface area contributed by atoms with Crippen molar-refractivity contribution in [3.63, 3.8) is 0 Å². The number of aromatic amines is 2. The molecule has 0 radical (unpaired) electrons. The number of nitrogens with one attached hydrogen (secondary N) is 3. The summed E-state index contributed by atoms with van der Waals surface area (Å²) in [6.07, 6.45) is 17.0. The predicted octanol–water partition coefficient (Wildman–Crippen LogP) is 6.79. The average Bonchev–Trinajstić information content (AvgIpc) is 3.74. The van der Waals surface area contributed by atoms with Crippen LogP contribution in [0.25, 0.3) is 50.2 Å². The van der Waals surface area contributed by atoms with E-state index in [0.29, 0.717) is 0 Å². The molecular formula is C31H30N6. The van der Waals surface area contributed by atoms with E-state index in [2.05, 4.69) is 80.1 Å². The number of aromatic nitrogens is 5. The maximum absolute atomic E-state index is 5.04. The molecule has 2 aliphatic carbocycles. The molecule has 1 aromatic carbocycles. The molecule has 1 saturated carbocycles. The number of pyridine rings is 2. The van der Waals surface area contributed by atoms with E-state index >= 15 is 0 Å². The average molecular weight is 487 g/mol. The third-order valence-corrected chi connectivity index (χ3v) is 7.74. The van der Waals surface area contributed by atoms with Crippen molar-refractivity contribution in [2.75, 3.05) is 6.54 Å². The van der Waals surface area contributed by atoms with Crippen LogP contribution in [-0.2, 0) is 6.54 Å². The van der Waals surface area contributed by atoms with Crippen LogP contribution in [0, 0.1) is 5.92 Å².